The van der Waals surface area contributed by atoms with Crippen molar-refractivity contribution >= 4 is 0 Å². The standard InChI is InChI=1S/C14H24N4/c1-17-7-3-4-12(9-17)10-18-11-15-8-14(18)13-5-2-6-16-13/h8,11-13,16H,2-7,9-10H2,1H3/t12?,13-/m0/s1. The Kier molecular flexibility index (Phi) is 3.66. The minimum atomic E-state index is 0.536. The molecule has 0 aliphatic carbocycles. The number of hydrogen-bond donors (Lipinski definition) is 1. The first kappa shape index (κ1) is 12.2. The van der Waals surface area contributed by atoms with Crippen LogP contribution in [-0.4, -0.2) is 41.1 Å². The number of hydrogen-bond acceptors (Lipinski definition) is 3. The highest BCUT2D eigenvalue weighted by atomic mass is 15.1. The number of nitrogens with one attached hydrogen (secondary N) is 1. The number of likely N-dealkylation sites (tertiary alicyclic amines) is 1. The summed E-state index contributed by atoms with van der Waals surface area (Å²) in [5.74, 6) is 0.790. The highest BCUT2D eigenvalue weighted by Gasteiger charge is 2.22. The normalized spacial score (nSPS) is 29.8. The van der Waals surface area contributed by atoms with Crippen LogP contribution in [-0.2, 0) is 6.54 Å². The van der Waals surface area contributed by atoms with Crippen molar-refractivity contribution in [3.8, 4) is 0 Å². The fourth-order valence-corrected chi connectivity index (χ4v) is 3.41. The summed E-state index contributed by atoms with van der Waals surface area (Å²) in [5, 5.41) is 3.57. The Hall–Kier alpha value is -0.870. The minimum absolute atomic E-state index is 0.536. The predicted molar refractivity (Wildman–Crippen MR) is 72.4 cm³/mol. The Morgan fingerprint density at radius 3 is 3.11 bits per heavy atom. The zero-order valence-electron chi connectivity index (χ0n) is 11.3. The molecule has 0 radical (unpaired) electrons. The molecule has 0 aromatic carbocycles. The SMILES string of the molecule is CN1CCCC(Cn2cncc2[C@@H]2CCCN2)C1. The van der Waals surface area contributed by atoms with Gasteiger partial charge < -0.3 is 14.8 Å². The number of nitrogens with zero attached hydrogens (tertiary/aromatic N) is 3. The topological polar surface area (TPSA) is 33.1 Å². The van der Waals surface area contributed by atoms with E-state index in [4.69, 9.17) is 0 Å². The van der Waals surface area contributed by atoms with Gasteiger partial charge in [-0.25, -0.2) is 4.98 Å². The van der Waals surface area contributed by atoms with Crippen molar-refractivity contribution in [1.82, 2.24) is 19.8 Å². The highest BCUT2D eigenvalue weighted by molar-refractivity contribution is 5.07. The third-order valence-corrected chi connectivity index (χ3v) is 4.34. The van der Waals surface area contributed by atoms with Gasteiger partial charge in [-0.1, -0.05) is 0 Å². The molecule has 4 nitrogen and oxygen atoms in total. The molecular weight excluding hydrogens is 224 g/mol. The minimum Gasteiger partial charge on any atom is -0.333 e. The van der Waals surface area contributed by atoms with Crippen LogP contribution >= 0.6 is 0 Å². The molecule has 0 bridgehead atoms. The summed E-state index contributed by atoms with van der Waals surface area (Å²) >= 11 is 0. The molecule has 2 aliphatic heterocycles. The maximum absolute atomic E-state index is 4.36. The zero-order valence-corrected chi connectivity index (χ0v) is 11.3. The maximum Gasteiger partial charge on any atom is 0.0948 e. The molecule has 1 aromatic rings. The smallest absolute Gasteiger partial charge is 0.0948 e. The van der Waals surface area contributed by atoms with E-state index in [0.717, 1.165) is 19.0 Å². The van der Waals surface area contributed by atoms with Crippen LogP contribution in [0, 0.1) is 5.92 Å². The average Bonchev–Trinajstić information content (AvgIpc) is 2.98. The number of rotatable bonds is 3. The highest BCUT2D eigenvalue weighted by Crippen LogP contribution is 2.24. The molecule has 2 fully saturated rings. The van der Waals surface area contributed by atoms with E-state index in [1.54, 1.807) is 0 Å². The van der Waals surface area contributed by atoms with Crippen LogP contribution in [0.5, 0.6) is 0 Å². The lowest BCUT2D eigenvalue weighted by Gasteiger charge is -2.30. The fraction of sp³-hybridized carbons (Fsp3) is 0.786. The first-order chi connectivity index (χ1) is 8.83. The molecule has 0 saturated carbocycles. The van der Waals surface area contributed by atoms with E-state index in [0.29, 0.717) is 6.04 Å². The predicted octanol–water partition coefficient (Wildman–Crippen LogP) is 1.65. The lowest BCUT2D eigenvalue weighted by Crippen LogP contribution is -2.34. The second-order valence-corrected chi connectivity index (χ2v) is 5.89. The fourth-order valence-electron chi connectivity index (χ4n) is 3.41. The largest absolute Gasteiger partial charge is 0.333 e. The molecule has 1 aromatic heterocycles. The van der Waals surface area contributed by atoms with Crippen LogP contribution < -0.4 is 5.32 Å². The molecule has 1 N–H and O–H groups in total. The monoisotopic (exact) mass is 248 g/mol. The van der Waals surface area contributed by atoms with Gasteiger partial charge in [0.2, 0.25) is 0 Å². The van der Waals surface area contributed by atoms with Gasteiger partial charge in [0, 0.05) is 25.3 Å². The second kappa shape index (κ2) is 5.41. The summed E-state index contributed by atoms with van der Waals surface area (Å²) in [4.78, 5) is 6.82. The molecular formula is C14H24N4. The van der Waals surface area contributed by atoms with Gasteiger partial charge in [0.1, 0.15) is 0 Å². The summed E-state index contributed by atoms with van der Waals surface area (Å²) in [6, 6.07) is 0.536. The molecule has 18 heavy (non-hydrogen) atoms. The summed E-state index contributed by atoms with van der Waals surface area (Å²) in [7, 11) is 2.24. The molecule has 2 atom stereocenters. The van der Waals surface area contributed by atoms with Crippen LogP contribution in [0.25, 0.3) is 0 Å². The van der Waals surface area contributed by atoms with Gasteiger partial charge in [-0.05, 0) is 51.7 Å². The Morgan fingerprint density at radius 2 is 2.33 bits per heavy atom. The van der Waals surface area contributed by atoms with Crippen LogP contribution in [0.4, 0.5) is 0 Å². The van der Waals surface area contributed by atoms with Crippen molar-refractivity contribution in [2.24, 2.45) is 5.92 Å². The van der Waals surface area contributed by atoms with Crippen molar-refractivity contribution in [3.05, 3.63) is 18.2 Å². The Morgan fingerprint density at radius 1 is 1.39 bits per heavy atom. The Labute approximate surface area is 109 Å². The van der Waals surface area contributed by atoms with Crippen LogP contribution in [0.3, 0.4) is 0 Å². The first-order valence-corrected chi connectivity index (χ1v) is 7.25. The second-order valence-electron chi connectivity index (χ2n) is 5.89. The first-order valence-electron chi connectivity index (χ1n) is 7.25. The van der Waals surface area contributed by atoms with E-state index < -0.39 is 0 Å². The summed E-state index contributed by atoms with van der Waals surface area (Å²) in [6.45, 7) is 4.78. The van der Waals surface area contributed by atoms with Crippen molar-refractivity contribution < 1.29 is 0 Å². The van der Waals surface area contributed by atoms with Crippen molar-refractivity contribution in [3.63, 3.8) is 0 Å². The van der Waals surface area contributed by atoms with E-state index in [1.807, 2.05) is 6.33 Å². The molecule has 100 valence electrons. The molecule has 0 amide bonds. The van der Waals surface area contributed by atoms with Crippen molar-refractivity contribution in [2.45, 2.75) is 38.3 Å². The maximum atomic E-state index is 4.36. The molecule has 2 saturated heterocycles. The molecule has 1 unspecified atom stereocenters. The van der Waals surface area contributed by atoms with E-state index in [2.05, 4.69) is 33.0 Å². The Bertz CT molecular complexity index is 381. The molecule has 3 heterocycles. The van der Waals surface area contributed by atoms with Crippen LogP contribution in [0.15, 0.2) is 12.5 Å². The number of piperidine rings is 1. The van der Waals surface area contributed by atoms with Crippen LogP contribution in [0.1, 0.15) is 37.4 Å². The lowest BCUT2D eigenvalue weighted by molar-refractivity contribution is 0.193. The van der Waals surface area contributed by atoms with Crippen molar-refractivity contribution in [2.75, 3.05) is 26.7 Å². The number of imidazole rings is 1. The third kappa shape index (κ3) is 2.59. The summed E-state index contributed by atoms with van der Waals surface area (Å²) < 4.78 is 2.38. The summed E-state index contributed by atoms with van der Waals surface area (Å²) in [5.41, 5.74) is 1.39. The van der Waals surface area contributed by atoms with Gasteiger partial charge in [0.15, 0.2) is 0 Å². The lowest BCUT2D eigenvalue weighted by atomic mass is 9.98. The number of aromatic nitrogens is 2. The molecule has 3 rings (SSSR count). The van der Waals surface area contributed by atoms with E-state index >= 15 is 0 Å². The van der Waals surface area contributed by atoms with E-state index in [-0.39, 0.29) is 0 Å². The Balaban J connectivity index is 1.66. The van der Waals surface area contributed by atoms with Gasteiger partial charge in [-0.15, -0.1) is 0 Å². The molecule has 4 heteroatoms. The quantitative estimate of drug-likeness (QED) is 0.883. The van der Waals surface area contributed by atoms with Gasteiger partial charge in [0.05, 0.1) is 12.0 Å². The van der Waals surface area contributed by atoms with E-state index in [9.17, 15) is 0 Å². The van der Waals surface area contributed by atoms with Gasteiger partial charge >= 0.3 is 0 Å². The molecule has 0 spiro atoms. The zero-order chi connectivity index (χ0) is 12.4. The summed E-state index contributed by atoms with van der Waals surface area (Å²) in [6.07, 6.45) is 9.32. The van der Waals surface area contributed by atoms with Gasteiger partial charge in [0.25, 0.3) is 0 Å². The van der Waals surface area contributed by atoms with E-state index in [1.165, 1.54) is 44.5 Å². The van der Waals surface area contributed by atoms with Gasteiger partial charge in [-0.3, -0.25) is 0 Å². The molecule has 2 aliphatic rings. The van der Waals surface area contributed by atoms with Crippen molar-refractivity contribution in [1.29, 1.82) is 0 Å². The van der Waals surface area contributed by atoms with Crippen LogP contribution in [0.2, 0.25) is 0 Å². The van der Waals surface area contributed by atoms with Gasteiger partial charge in [-0.2, -0.15) is 0 Å². The third-order valence-electron chi connectivity index (χ3n) is 4.34. The average molecular weight is 248 g/mol.